The van der Waals surface area contributed by atoms with Gasteiger partial charge in [-0.2, -0.15) is 0 Å². The molecule has 0 radical (unpaired) electrons. The number of anilines is 1. The third-order valence-corrected chi connectivity index (χ3v) is 4.58. The number of phenols is 1. The van der Waals surface area contributed by atoms with Gasteiger partial charge < -0.3 is 10.4 Å². The molecule has 0 saturated heterocycles. The second kappa shape index (κ2) is 7.21. The lowest BCUT2D eigenvalue weighted by molar-refractivity contribution is 0.0979. The molecule has 0 saturated carbocycles. The predicted octanol–water partition coefficient (Wildman–Crippen LogP) is 4.74. The topological polar surface area (TPSA) is 61.4 Å². The van der Waals surface area contributed by atoms with Crippen molar-refractivity contribution in [1.82, 2.24) is 5.32 Å². The third-order valence-electron chi connectivity index (χ3n) is 3.77. The second-order valence-corrected chi connectivity index (χ2v) is 6.82. The highest BCUT2D eigenvalue weighted by molar-refractivity contribution is 9.10. The number of nitrogens with one attached hydrogen (secondary N) is 2. The van der Waals surface area contributed by atoms with E-state index in [-0.39, 0.29) is 16.8 Å². The summed E-state index contributed by atoms with van der Waals surface area (Å²) in [5, 5.41) is 17.5. The van der Waals surface area contributed by atoms with E-state index in [1.165, 1.54) is 0 Å². The van der Waals surface area contributed by atoms with Gasteiger partial charge in [0.2, 0.25) is 0 Å². The number of aromatic hydroxyl groups is 1. The Hall–Kier alpha value is -2.44. The van der Waals surface area contributed by atoms with Crippen molar-refractivity contribution in [2.45, 2.75) is 6.92 Å². The van der Waals surface area contributed by atoms with Gasteiger partial charge in [-0.1, -0.05) is 36.4 Å². The predicted molar refractivity (Wildman–Crippen MR) is 108 cm³/mol. The monoisotopic (exact) mass is 414 g/mol. The summed E-state index contributed by atoms with van der Waals surface area (Å²) < 4.78 is 0.554. The normalized spacial score (nSPS) is 10.5. The van der Waals surface area contributed by atoms with E-state index in [1.54, 1.807) is 25.1 Å². The quantitative estimate of drug-likeness (QED) is 0.418. The summed E-state index contributed by atoms with van der Waals surface area (Å²) in [6.45, 7) is 1.78. The van der Waals surface area contributed by atoms with Crippen molar-refractivity contribution >= 4 is 55.6 Å². The van der Waals surface area contributed by atoms with Crippen molar-refractivity contribution < 1.29 is 9.90 Å². The molecule has 0 fully saturated rings. The molecule has 25 heavy (non-hydrogen) atoms. The van der Waals surface area contributed by atoms with Crippen LogP contribution in [0.15, 0.2) is 59.1 Å². The molecular formula is C19H15BrN2O2S. The van der Waals surface area contributed by atoms with E-state index in [0.29, 0.717) is 21.3 Å². The first-order valence-electron chi connectivity index (χ1n) is 7.55. The number of hydrogen-bond acceptors (Lipinski definition) is 3. The lowest BCUT2D eigenvalue weighted by Crippen LogP contribution is -2.34. The Morgan fingerprint density at radius 2 is 1.84 bits per heavy atom. The van der Waals surface area contributed by atoms with Crippen LogP contribution in [0.2, 0.25) is 0 Å². The minimum Gasteiger partial charge on any atom is -0.506 e. The van der Waals surface area contributed by atoms with Gasteiger partial charge in [0.1, 0.15) is 5.75 Å². The molecule has 0 aliphatic heterocycles. The molecule has 0 heterocycles. The molecule has 0 bridgehead atoms. The van der Waals surface area contributed by atoms with Gasteiger partial charge in [0.25, 0.3) is 5.91 Å². The van der Waals surface area contributed by atoms with Crippen molar-refractivity contribution in [1.29, 1.82) is 0 Å². The molecule has 0 aliphatic carbocycles. The van der Waals surface area contributed by atoms with Crippen LogP contribution in [0.4, 0.5) is 5.69 Å². The van der Waals surface area contributed by atoms with E-state index in [4.69, 9.17) is 12.2 Å². The van der Waals surface area contributed by atoms with Crippen LogP contribution >= 0.6 is 28.1 Å². The van der Waals surface area contributed by atoms with Gasteiger partial charge in [0, 0.05) is 11.3 Å². The molecule has 4 nitrogen and oxygen atoms in total. The first-order chi connectivity index (χ1) is 12.0. The minimum absolute atomic E-state index is 0.177. The molecule has 0 unspecified atom stereocenters. The number of carbonyl (C=O) groups is 1. The first-order valence-corrected chi connectivity index (χ1v) is 8.75. The number of phenolic OH excluding ortho intramolecular Hbond substituents is 1. The van der Waals surface area contributed by atoms with Crippen LogP contribution in [-0.2, 0) is 0 Å². The zero-order valence-corrected chi connectivity index (χ0v) is 15.7. The van der Waals surface area contributed by atoms with E-state index in [2.05, 4.69) is 26.6 Å². The maximum atomic E-state index is 12.6. The Labute approximate surface area is 159 Å². The zero-order valence-electron chi connectivity index (χ0n) is 13.3. The van der Waals surface area contributed by atoms with Crippen LogP contribution in [0.25, 0.3) is 10.8 Å². The maximum absolute atomic E-state index is 12.6. The van der Waals surface area contributed by atoms with Gasteiger partial charge in [0.05, 0.1) is 4.47 Å². The number of benzene rings is 3. The van der Waals surface area contributed by atoms with E-state index in [1.807, 2.05) is 36.4 Å². The Balaban J connectivity index is 1.78. The van der Waals surface area contributed by atoms with Gasteiger partial charge in [-0.05, 0) is 69.6 Å². The molecule has 0 aliphatic rings. The number of halogens is 1. The van der Waals surface area contributed by atoms with Crippen LogP contribution < -0.4 is 10.6 Å². The summed E-state index contributed by atoms with van der Waals surface area (Å²) in [6.07, 6.45) is 0. The molecule has 1 amide bonds. The van der Waals surface area contributed by atoms with Gasteiger partial charge in [-0.25, -0.2) is 0 Å². The minimum atomic E-state index is -0.274. The molecule has 6 heteroatoms. The van der Waals surface area contributed by atoms with Crippen LogP contribution in [0.5, 0.6) is 5.75 Å². The fourth-order valence-electron chi connectivity index (χ4n) is 2.56. The number of aryl methyl sites for hydroxylation is 1. The van der Waals surface area contributed by atoms with Gasteiger partial charge in [-0.15, -0.1) is 0 Å². The maximum Gasteiger partial charge on any atom is 0.258 e. The van der Waals surface area contributed by atoms with Crippen LogP contribution in [0, 0.1) is 6.92 Å². The van der Waals surface area contributed by atoms with E-state index >= 15 is 0 Å². The fourth-order valence-corrected chi connectivity index (χ4v) is 3.33. The smallest absolute Gasteiger partial charge is 0.258 e. The summed E-state index contributed by atoms with van der Waals surface area (Å²) in [6, 6.07) is 16.7. The fraction of sp³-hybridized carbons (Fsp3) is 0.0526. The van der Waals surface area contributed by atoms with Crippen molar-refractivity contribution in [2.75, 3.05) is 5.32 Å². The Bertz CT molecular complexity index is 960. The highest BCUT2D eigenvalue weighted by Crippen LogP contribution is 2.30. The van der Waals surface area contributed by atoms with E-state index < -0.39 is 0 Å². The van der Waals surface area contributed by atoms with E-state index in [0.717, 1.165) is 10.8 Å². The van der Waals surface area contributed by atoms with Crippen molar-refractivity contribution in [3.05, 3.63) is 70.2 Å². The lowest BCUT2D eigenvalue weighted by Gasteiger charge is -2.12. The molecular weight excluding hydrogens is 400 g/mol. The molecule has 126 valence electrons. The molecule has 0 spiro atoms. The second-order valence-electron chi connectivity index (χ2n) is 5.56. The molecule has 3 aromatic carbocycles. The number of thiocarbonyl (C=S) groups is 1. The molecule has 0 atom stereocenters. The Morgan fingerprint density at radius 3 is 2.60 bits per heavy atom. The average Bonchev–Trinajstić information content (AvgIpc) is 2.59. The Morgan fingerprint density at radius 1 is 1.12 bits per heavy atom. The third kappa shape index (κ3) is 3.81. The van der Waals surface area contributed by atoms with Gasteiger partial charge in [-0.3, -0.25) is 10.1 Å². The summed E-state index contributed by atoms with van der Waals surface area (Å²) in [5.74, 6) is -0.0971. The van der Waals surface area contributed by atoms with Crippen molar-refractivity contribution in [3.63, 3.8) is 0 Å². The van der Waals surface area contributed by atoms with Crippen molar-refractivity contribution in [2.24, 2.45) is 0 Å². The standard InChI is InChI=1S/C19H15BrN2O2S/c1-11-9-13(10-16(20)17(11)23)21-19(25)22-18(24)15-8-4-6-12-5-2-3-7-14(12)15/h2-10,23H,1H3,(H2,21,22,24,25). The van der Waals surface area contributed by atoms with Gasteiger partial charge in [0.15, 0.2) is 5.11 Å². The summed E-state index contributed by atoms with van der Waals surface area (Å²) >= 11 is 8.51. The van der Waals surface area contributed by atoms with E-state index in [9.17, 15) is 9.90 Å². The first kappa shape index (κ1) is 17.4. The molecule has 3 aromatic rings. The summed E-state index contributed by atoms with van der Waals surface area (Å²) in [4.78, 5) is 12.6. The highest BCUT2D eigenvalue weighted by atomic mass is 79.9. The molecule has 3 N–H and O–H groups in total. The number of carbonyl (C=O) groups excluding carboxylic acids is 1. The number of hydrogen-bond donors (Lipinski definition) is 3. The molecule has 3 rings (SSSR count). The summed E-state index contributed by atoms with van der Waals surface area (Å²) in [7, 11) is 0. The zero-order chi connectivity index (χ0) is 18.0. The van der Waals surface area contributed by atoms with Crippen molar-refractivity contribution in [3.8, 4) is 5.75 Å². The highest BCUT2D eigenvalue weighted by Gasteiger charge is 2.12. The average molecular weight is 415 g/mol. The lowest BCUT2D eigenvalue weighted by atomic mass is 10.0. The van der Waals surface area contributed by atoms with Crippen LogP contribution in [0.1, 0.15) is 15.9 Å². The van der Waals surface area contributed by atoms with Gasteiger partial charge >= 0.3 is 0 Å². The van der Waals surface area contributed by atoms with Crippen LogP contribution in [-0.4, -0.2) is 16.1 Å². The molecule has 0 aromatic heterocycles. The SMILES string of the molecule is Cc1cc(NC(=S)NC(=O)c2cccc3ccccc23)cc(Br)c1O. The number of amides is 1. The van der Waals surface area contributed by atoms with Crippen LogP contribution in [0.3, 0.4) is 0 Å². The Kier molecular flexibility index (Phi) is 5.01. The summed E-state index contributed by atoms with van der Waals surface area (Å²) in [5.41, 5.74) is 1.93. The largest absolute Gasteiger partial charge is 0.506 e. The number of rotatable bonds is 2. The number of fused-ring (bicyclic) bond motifs is 1.